The molecule has 1 aromatic rings. The maximum atomic E-state index is 8.61. The molecule has 0 aliphatic rings. The third-order valence-corrected chi connectivity index (χ3v) is 2.10. The summed E-state index contributed by atoms with van der Waals surface area (Å²) in [7, 11) is 0. The van der Waals surface area contributed by atoms with Crippen LogP contribution in [-0.4, -0.2) is 4.98 Å². The van der Waals surface area contributed by atoms with Crippen molar-refractivity contribution in [2.45, 2.75) is 4.43 Å². The number of halogens is 1. The third kappa shape index (κ3) is 1.80. The Kier molecular flexibility index (Phi) is 2.65. The lowest BCUT2D eigenvalue weighted by molar-refractivity contribution is 1.26. The van der Waals surface area contributed by atoms with Gasteiger partial charge in [0, 0.05) is 10.6 Å². The molecule has 1 aromatic heterocycles. The fourth-order valence-corrected chi connectivity index (χ4v) is 1.36. The van der Waals surface area contributed by atoms with Gasteiger partial charge in [0.05, 0.1) is 5.56 Å². The SMILES string of the molecule is N#Cc1cnc(N)cc1CI. The van der Waals surface area contributed by atoms with E-state index in [1.807, 2.05) is 0 Å². The van der Waals surface area contributed by atoms with Gasteiger partial charge in [-0.1, -0.05) is 22.6 Å². The average molecular weight is 259 g/mol. The van der Waals surface area contributed by atoms with Crippen LogP contribution in [0.5, 0.6) is 0 Å². The van der Waals surface area contributed by atoms with Gasteiger partial charge < -0.3 is 5.73 Å². The molecule has 0 unspecified atom stereocenters. The highest BCUT2D eigenvalue weighted by Gasteiger charge is 2.00. The zero-order valence-corrected chi connectivity index (χ0v) is 7.87. The Labute approximate surface area is 78.4 Å². The lowest BCUT2D eigenvalue weighted by Crippen LogP contribution is -1.94. The molecule has 1 rings (SSSR count). The van der Waals surface area contributed by atoms with Gasteiger partial charge in [-0.25, -0.2) is 4.98 Å². The van der Waals surface area contributed by atoms with Gasteiger partial charge in [-0.2, -0.15) is 5.26 Å². The minimum absolute atomic E-state index is 0.468. The van der Waals surface area contributed by atoms with Gasteiger partial charge in [0.15, 0.2) is 0 Å². The molecule has 0 saturated carbocycles. The van der Waals surface area contributed by atoms with Crippen molar-refractivity contribution in [2.24, 2.45) is 0 Å². The number of rotatable bonds is 1. The summed E-state index contributed by atoms with van der Waals surface area (Å²) in [6, 6.07) is 3.78. The minimum Gasteiger partial charge on any atom is -0.384 e. The van der Waals surface area contributed by atoms with Crippen molar-refractivity contribution in [3.8, 4) is 6.07 Å². The number of nitrogen functional groups attached to an aromatic ring is 1. The summed E-state index contributed by atoms with van der Waals surface area (Å²) in [6.07, 6.45) is 1.50. The Balaban J connectivity index is 3.19. The van der Waals surface area contributed by atoms with Crippen LogP contribution in [0.15, 0.2) is 12.3 Å². The van der Waals surface area contributed by atoms with Crippen molar-refractivity contribution in [3.63, 3.8) is 0 Å². The van der Waals surface area contributed by atoms with E-state index in [0.29, 0.717) is 11.4 Å². The van der Waals surface area contributed by atoms with Crippen molar-refractivity contribution in [3.05, 3.63) is 23.4 Å². The Morgan fingerprint density at radius 3 is 3.00 bits per heavy atom. The van der Waals surface area contributed by atoms with Gasteiger partial charge in [-0.05, 0) is 11.6 Å². The first-order chi connectivity index (χ1) is 5.27. The largest absolute Gasteiger partial charge is 0.384 e. The highest BCUT2D eigenvalue weighted by atomic mass is 127. The predicted octanol–water partition coefficient (Wildman–Crippen LogP) is 1.47. The lowest BCUT2D eigenvalue weighted by atomic mass is 10.2. The van der Waals surface area contributed by atoms with Crippen LogP contribution in [0.25, 0.3) is 0 Å². The molecule has 4 heteroatoms. The summed E-state index contributed by atoms with van der Waals surface area (Å²) in [5.74, 6) is 0.468. The van der Waals surface area contributed by atoms with Gasteiger partial charge in [0.2, 0.25) is 0 Å². The Morgan fingerprint density at radius 1 is 1.73 bits per heavy atom. The molecular formula is C7H6IN3. The van der Waals surface area contributed by atoms with E-state index in [1.165, 1.54) is 6.20 Å². The van der Waals surface area contributed by atoms with Gasteiger partial charge in [0.1, 0.15) is 11.9 Å². The van der Waals surface area contributed by atoms with Crippen LogP contribution in [0.2, 0.25) is 0 Å². The molecule has 0 bridgehead atoms. The van der Waals surface area contributed by atoms with Gasteiger partial charge in [-0.15, -0.1) is 0 Å². The molecule has 1 heterocycles. The molecule has 0 amide bonds. The van der Waals surface area contributed by atoms with Crippen molar-refractivity contribution in [2.75, 3.05) is 5.73 Å². The minimum atomic E-state index is 0.468. The van der Waals surface area contributed by atoms with Gasteiger partial charge in [-0.3, -0.25) is 0 Å². The van der Waals surface area contributed by atoms with E-state index < -0.39 is 0 Å². The number of anilines is 1. The molecule has 0 spiro atoms. The molecule has 2 N–H and O–H groups in total. The van der Waals surface area contributed by atoms with E-state index in [9.17, 15) is 0 Å². The number of nitrogens with zero attached hydrogens (tertiary/aromatic N) is 2. The summed E-state index contributed by atoms with van der Waals surface area (Å²) in [6.45, 7) is 0. The van der Waals surface area contributed by atoms with Gasteiger partial charge in [0.25, 0.3) is 0 Å². The molecule has 0 saturated heterocycles. The first-order valence-corrected chi connectivity index (χ1v) is 4.51. The second-order valence-electron chi connectivity index (χ2n) is 2.01. The molecule has 0 aromatic carbocycles. The standard InChI is InChI=1S/C7H6IN3/c8-2-5-1-7(10)11-4-6(5)3-9/h1,4H,2H2,(H2,10,11). The van der Waals surface area contributed by atoms with E-state index in [0.717, 1.165) is 9.99 Å². The summed E-state index contributed by atoms with van der Waals surface area (Å²) < 4.78 is 0.785. The van der Waals surface area contributed by atoms with Crippen LogP contribution in [0.4, 0.5) is 5.82 Å². The van der Waals surface area contributed by atoms with Crippen LogP contribution >= 0.6 is 22.6 Å². The molecule has 56 valence electrons. The van der Waals surface area contributed by atoms with Crippen LogP contribution in [0.1, 0.15) is 11.1 Å². The van der Waals surface area contributed by atoms with Crippen LogP contribution in [-0.2, 0) is 4.43 Å². The Hall–Kier alpha value is -0.830. The monoisotopic (exact) mass is 259 g/mol. The van der Waals surface area contributed by atoms with E-state index in [2.05, 4.69) is 33.6 Å². The molecular weight excluding hydrogens is 253 g/mol. The Bertz CT molecular complexity index is 303. The number of alkyl halides is 1. The zero-order valence-electron chi connectivity index (χ0n) is 5.71. The van der Waals surface area contributed by atoms with Crippen molar-refractivity contribution in [1.29, 1.82) is 5.26 Å². The summed E-state index contributed by atoms with van der Waals surface area (Å²) in [5, 5.41) is 8.61. The molecule has 0 aliphatic heterocycles. The Morgan fingerprint density at radius 2 is 2.45 bits per heavy atom. The van der Waals surface area contributed by atoms with Gasteiger partial charge >= 0.3 is 0 Å². The van der Waals surface area contributed by atoms with Crippen LogP contribution in [0.3, 0.4) is 0 Å². The molecule has 3 nitrogen and oxygen atoms in total. The molecule has 0 radical (unpaired) electrons. The maximum Gasteiger partial charge on any atom is 0.123 e. The number of nitrogens with two attached hydrogens (primary N) is 1. The lowest BCUT2D eigenvalue weighted by Gasteiger charge is -1.98. The molecule has 0 atom stereocenters. The maximum absolute atomic E-state index is 8.61. The van der Waals surface area contributed by atoms with Crippen LogP contribution in [0, 0.1) is 11.3 Å². The van der Waals surface area contributed by atoms with Crippen LogP contribution < -0.4 is 5.73 Å². The topological polar surface area (TPSA) is 62.7 Å². The zero-order chi connectivity index (χ0) is 8.27. The molecule has 11 heavy (non-hydrogen) atoms. The van der Waals surface area contributed by atoms with Crippen molar-refractivity contribution >= 4 is 28.4 Å². The fraction of sp³-hybridized carbons (Fsp3) is 0.143. The first-order valence-electron chi connectivity index (χ1n) is 2.98. The molecule has 0 fully saturated rings. The summed E-state index contributed by atoms with van der Waals surface area (Å²) in [4.78, 5) is 3.81. The highest BCUT2D eigenvalue weighted by Crippen LogP contribution is 2.13. The summed E-state index contributed by atoms with van der Waals surface area (Å²) in [5.41, 5.74) is 6.98. The number of nitriles is 1. The number of pyridine rings is 1. The quantitative estimate of drug-likeness (QED) is 0.613. The van der Waals surface area contributed by atoms with E-state index >= 15 is 0 Å². The summed E-state index contributed by atoms with van der Waals surface area (Å²) >= 11 is 2.18. The van der Waals surface area contributed by atoms with Crippen molar-refractivity contribution < 1.29 is 0 Å². The first kappa shape index (κ1) is 8.27. The third-order valence-electron chi connectivity index (χ3n) is 1.28. The second-order valence-corrected chi connectivity index (χ2v) is 2.77. The number of aromatic nitrogens is 1. The molecule has 0 aliphatic carbocycles. The number of hydrogen-bond acceptors (Lipinski definition) is 3. The fourth-order valence-electron chi connectivity index (χ4n) is 0.727. The van der Waals surface area contributed by atoms with E-state index in [1.54, 1.807) is 6.07 Å². The van der Waals surface area contributed by atoms with Crippen molar-refractivity contribution in [1.82, 2.24) is 4.98 Å². The highest BCUT2D eigenvalue weighted by molar-refractivity contribution is 14.1. The second kappa shape index (κ2) is 3.53. The van der Waals surface area contributed by atoms with E-state index in [-0.39, 0.29) is 0 Å². The predicted molar refractivity (Wildman–Crippen MR) is 51.1 cm³/mol. The smallest absolute Gasteiger partial charge is 0.123 e. The normalized spacial score (nSPS) is 9.09. The number of hydrogen-bond donors (Lipinski definition) is 1. The van der Waals surface area contributed by atoms with E-state index in [4.69, 9.17) is 11.0 Å². The average Bonchev–Trinajstić information content (AvgIpc) is 2.04.